The van der Waals surface area contributed by atoms with E-state index < -0.39 is 0 Å². The monoisotopic (exact) mass is 220 g/mol. The molecule has 0 amide bonds. The van der Waals surface area contributed by atoms with E-state index >= 15 is 0 Å². The normalized spacial score (nSPS) is 10.6. The van der Waals surface area contributed by atoms with Crippen LogP contribution in [-0.4, -0.2) is 0 Å². The molecule has 0 aliphatic rings. The summed E-state index contributed by atoms with van der Waals surface area (Å²) in [6.45, 7) is 3.83. The van der Waals surface area contributed by atoms with Gasteiger partial charge in [-0.1, -0.05) is 79.4 Å². The van der Waals surface area contributed by atoms with Crippen LogP contribution in [-0.2, 0) is 6.42 Å². The van der Waals surface area contributed by atoms with Crippen molar-refractivity contribution < 1.29 is 0 Å². The highest BCUT2D eigenvalue weighted by molar-refractivity contribution is 5.54. The Morgan fingerprint density at radius 1 is 0.882 bits per heavy atom. The van der Waals surface area contributed by atoms with Crippen molar-refractivity contribution in [2.75, 3.05) is 0 Å². The molecule has 2 rings (SSSR count). The van der Waals surface area contributed by atoms with Gasteiger partial charge in [-0.25, -0.2) is 0 Å². The van der Waals surface area contributed by atoms with Crippen LogP contribution in [0.15, 0.2) is 67.3 Å². The summed E-state index contributed by atoms with van der Waals surface area (Å²) < 4.78 is 0. The van der Waals surface area contributed by atoms with Crippen LogP contribution in [0.1, 0.15) is 16.7 Å². The summed E-state index contributed by atoms with van der Waals surface area (Å²) in [6.07, 6.45) is 7.19. The molecule has 0 bridgehead atoms. The van der Waals surface area contributed by atoms with Crippen molar-refractivity contribution in [2.24, 2.45) is 0 Å². The van der Waals surface area contributed by atoms with Gasteiger partial charge in [0.25, 0.3) is 0 Å². The predicted molar refractivity (Wildman–Crippen MR) is 75.7 cm³/mol. The van der Waals surface area contributed by atoms with Crippen LogP contribution in [0.4, 0.5) is 0 Å². The Bertz CT molecular complexity index is 507. The van der Waals surface area contributed by atoms with Crippen LogP contribution < -0.4 is 0 Å². The van der Waals surface area contributed by atoms with Gasteiger partial charge in [-0.3, -0.25) is 0 Å². The lowest BCUT2D eigenvalue weighted by atomic mass is 10.0. The third-order valence-electron chi connectivity index (χ3n) is 2.72. The van der Waals surface area contributed by atoms with Crippen molar-refractivity contribution in [3.63, 3.8) is 0 Å². The molecular weight excluding hydrogens is 204 g/mol. The fourth-order valence-electron chi connectivity index (χ4n) is 1.81. The zero-order valence-electron chi connectivity index (χ0n) is 9.84. The lowest BCUT2D eigenvalue weighted by Gasteiger charge is -2.01. The maximum absolute atomic E-state index is 3.83. The smallest absolute Gasteiger partial charge is 0.00882 e. The summed E-state index contributed by atoms with van der Waals surface area (Å²) in [7, 11) is 0. The Morgan fingerprint density at radius 2 is 1.59 bits per heavy atom. The Balaban J connectivity index is 2.07. The Kier molecular flexibility index (Phi) is 3.93. The first-order valence-electron chi connectivity index (χ1n) is 5.82. The van der Waals surface area contributed by atoms with Crippen molar-refractivity contribution in [2.45, 2.75) is 6.42 Å². The SMILES string of the molecule is C=Cc1ccccc1CC=Cc1ccccc1. The van der Waals surface area contributed by atoms with E-state index in [0.29, 0.717) is 0 Å². The fourth-order valence-corrected chi connectivity index (χ4v) is 1.81. The number of hydrogen-bond donors (Lipinski definition) is 0. The third kappa shape index (κ3) is 3.18. The summed E-state index contributed by atoms with van der Waals surface area (Å²) >= 11 is 0. The van der Waals surface area contributed by atoms with E-state index in [1.54, 1.807) is 0 Å². The van der Waals surface area contributed by atoms with Crippen LogP contribution in [0.25, 0.3) is 12.2 Å². The molecule has 0 unspecified atom stereocenters. The first-order valence-corrected chi connectivity index (χ1v) is 5.82. The molecule has 0 heteroatoms. The molecular formula is C17H16. The second-order valence-electron chi connectivity index (χ2n) is 3.92. The van der Waals surface area contributed by atoms with Gasteiger partial charge in [0.15, 0.2) is 0 Å². The molecule has 0 fully saturated rings. The van der Waals surface area contributed by atoms with Crippen LogP contribution in [0.2, 0.25) is 0 Å². The largest absolute Gasteiger partial charge is 0.0985 e. The van der Waals surface area contributed by atoms with E-state index in [-0.39, 0.29) is 0 Å². The van der Waals surface area contributed by atoms with Crippen LogP contribution in [0, 0.1) is 0 Å². The molecule has 0 saturated carbocycles. The highest BCUT2D eigenvalue weighted by Crippen LogP contribution is 2.12. The quantitative estimate of drug-likeness (QED) is 0.707. The second kappa shape index (κ2) is 5.86. The van der Waals surface area contributed by atoms with E-state index in [0.717, 1.165) is 6.42 Å². The molecule has 0 aliphatic heterocycles. The molecule has 0 nitrogen and oxygen atoms in total. The van der Waals surface area contributed by atoms with Gasteiger partial charge in [-0.15, -0.1) is 0 Å². The standard InChI is InChI=1S/C17H16/c1-2-16-12-6-7-13-17(16)14-8-11-15-9-4-3-5-10-15/h2-13H,1,14H2. The highest BCUT2D eigenvalue weighted by atomic mass is 14.0. The van der Waals surface area contributed by atoms with Gasteiger partial charge in [0, 0.05) is 0 Å². The maximum Gasteiger partial charge on any atom is -0.00882 e. The summed E-state index contributed by atoms with van der Waals surface area (Å²) in [5, 5.41) is 0. The fraction of sp³-hybridized carbons (Fsp3) is 0.0588. The number of allylic oxidation sites excluding steroid dienone is 1. The number of hydrogen-bond acceptors (Lipinski definition) is 0. The van der Waals surface area contributed by atoms with Gasteiger partial charge in [-0.2, -0.15) is 0 Å². The maximum atomic E-state index is 3.83. The molecule has 0 spiro atoms. The van der Waals surface area contributed by atoms with Gasteiger partial charge in [-0.05, 0) is 23.1 Å². The predicted octanol–water partition coefficient (Wildman–Crippen LogP) is 4.59. The van der Waals surface area contributed by atoms with Crippen molar-refractivity contribution in [1.29, 1.82) is 0 Å². The highest BCUT2D eigenvalue weighted by Gasteiger charge is 1.94. The minimum Gasteiger partial charge on any atom is -0.0985 e. The minimum absolute atomic E-state index is 0.942. The summed E-state index contributed by atoms with van der Waals surface area (Å²) in [4.78, 5) is 0. The first kappa shape index (κ1) is 11.4. The van der Waals surface area contributed by atoms with E-state index in [4.69, 9.17) is 0 Å². The molecule has 0 aromatic heterocycles. The van der Waals surface area contributed by atoms with Crippen molar-refractivity contribution in [3.05, 3.63) is 83.9 Å². The Labute approximate surface area is 103 Å². The molecule has 0 N–H and O–H groups in total. The van der Waals surface area contributed by atoms with Crippen molar-refractivity contribution in [1.82, 2.24) is 0 Å². The van der Waals surface area contributed by atoms with Crippen LogP contribution >= 0.6 is 0 Å². The van der Waals surface area contributed by atoms with Gasteiger partial charge >= 0.3 is 0 Å². The van der Waals surface area contributed by atoms with E-state index in [2.05, 4.69) is 61.2 Å². The summed E-state index contributed by atoms with van der Waals surface area (Å²) in [5.41, 5.74) is 3.77. The zero-order valence-corrected chi connectivity index (χ0v) is 9.84. The average Bonchev–Trinajstić information content (AvgIpc) is 2.40. The van der Waals surface area contributed by atoms with Gasteiger partial charge in [0.05, 0.1) is 0 Å². The summed E-state index contributed by atoms with van der Waals surface area (Å²) in [5.74, 6) is 0. The third-order valence-corrected chi connectivity index (χ3v) is 2.72. The van der Waals surface area contributed by atoms with Crippen molar-refractivity contribution in [3.8, 4) is 0 Å². The molecule has 2 aromatic carbocycles. The molecule has 0 radical (unpaired) electrons. The van der Waals surface area contributed by atoms with Gasteiger partial charge < -0.3 is 0 Å². The zero-order chi connectivity index (χ0) is 11.9. The molecule has 0 aliphatic carbocycles. The Morgan fingerprint density at radius 3 is 2.35 bits per heavy atom. The van der Waals surface area contributed by atoms with Crippen LogP contribution in [0.3, 0.4) is 0 Å². The minimum atomic E-state index is 0.942. The summed E-state index contributed by atoms with van der Waals surface area (Å²) in [6, 6.07) is 18.7. The van der Waals surface area contributed by atoms with Gasteiger partial charge in [0.2, 0.25) is 0 Å². The number of benzene rings is 2. The molecule has 17 heavy (non-hydrogen) atoms. The van der Waals surface area contributed by atoms with Crippen molar-refractivity contribution >= 4 is 12.2 Å². The molecule has 0 heterocycles. The van der Waals surface area contributed by atoms with Crippen LogP contribution in [0.5, 0.6) is 0 Å². The van der Waals surface area contributed by atoms with E-state index in [9.17, 15) is 0 Å². The lowest BCUT2D eigenvalue weighted by molar-refractivity contribution is 1.27. The molecule has 0 atom stereocenters. The molecule has 84 valence electrons. The number of rotatable bonds is 4. The second-order valence-corrected chi connectivity index (χ2v) is 3.92. The lowest BCUT2D eigenvalue weighted by Crippen LogP contribution is -1.85. The molecule has 0 saturated heterocycles. The average molecular weight is 220 g/mol. The van der Waals surface area contributed by atoms with Gasteiger partial charge in [0.1, 0.15) is 0 Å². The first-order chi connectivity index (χ1) is 8.40. The topological polar surface area (TPSA) is 0 Å². The Hall–Kier alpha value is -2.08. The molecule has 2 aromatic rings. The van der Waals surface area contributed by atoms with E-state index in [1.807, 2.05) is 18.2 Å². The van der Waals surface area contributed by atoms with E-state index in [1.165, 1.54) is 16.7 Å².